The fourth-order valence-electron chi connectivity index (χ4n) is 1.48. The van der Waals surface area contributed by atoms with Crippen molar-refractivity contribution in [1.29, 1.82) is 0 Å². The van der Waals surface area contributed by atoms with Crippen LogP contribution in [0.2, 0.25) is 4.34 Å². The molecule has 0 bridgehead atoms. The van der Waals surface area contributed by atoms with E-state index in [4.69, 9.17) is 16.7 Å². The molecule has 0 aromatic carbocycles. The van der Waals surface area contributed by atoms with Gasteiger partial charge in [0.05, 0.1) is 22.6 Å². The maximum atomic E-state index is 10.7. The fourth-order valence-corrected chi connectivity index (χ4v) is 2.56. The summed E-state index contributed by atoms with van der Waals surface area (Å²) in [5.74, 6) is -0.868. The number of hydrogen-bond acceptors (Lipinski definition) is 3. The van der Waals surface area contributed by atoms with Gasteiger partial charge < -0.3 is 5.11 Å². The number of nitrogens with zero attached hydrogens (tertiary/aromatic N) is 2. The number of aryl methyl sites for hydroxylation is 1. The Labute approximate surface area is 101 Å². The first-order valence-electron chi connectivity index (χ1n) is 4.56. The van der Waals surface area contributed by atoms with Gasteiger partial charge in [-0.05, 0) is 12.1 Å². The lowest BCUT2D eigenvalue weighted by Crippen LogP contribution is -2.06. The summed E-state index contributed by atoms with van der Waals surface area (Å²) in [7, 11) is 1.73. The van der Waals surface area contributed by atoms with Crippen LogP contribution in [0.4, 0.5) is 0 Å². The third-order valence-electron chi connectivity index (χ3n) is 2.22. The van der Waals surface area contributed by atoms with Crippen LogP contribution in [0.25, 0.3) is 10.4 Å². The van der Waals surface area contributed by atoms with Crippen LogP contribution in [0, 0.1) is 0 Å². The molecule has 16 heavy (non-hydrogen) atoms. The molecule has 0 aliphatic heterocycles. The van der Waals surface area contributed by atoms with E-state index >= 15 is 0 Å². The predicted octanol–water partition coefficient (Wildman–Crippen LogP) is 2.43. The molecule has 0 fully saturated rings. The largest absolute Gasteiger partial charge is 0.481 e. The van der Waals surface area contributed by atoms with Gasteiger partial charge in [-0.25, -0.2) is 0 Å². The molecular weight excluding hydrogens is 248 g/mol. The van der Waals surface area contributed by atoms with E-state index in [1.165, 1.54) is 11.3 Å². The van der Waals surface area contributed by atoms with Crippen LogP contribution in [0.3, 0.4) is 0 Å². The van der Waals surface area contributed by atoms with Crippen molar-refractivity contribution in [1.82, 2.24) is 9.78 Å². The lowest BCUT2D eigenvalue weighted by Gasteiger charge is -2.01. The lowest BCUT2D eigenvalue weighted by atomic mass is 10.1. The molecule has 6 heteroatoms. The van der Waals surface area contributed by atoms with Gasteiger partial charge in [0.15, 0.2) is 0 Å². The first-order chi connectivity index (χ1) is 7.58. The minimum atomic E-state index is -0.868. The summed E-state index contributed by atoms with van der Waals surface area (Å²) in [6, 6.07) is 3.66. The number of aromatic nitrogens is 2. The van der Waals surface area contributed by atoms with E-state index in [2.05, 4.69) is 5.10 Å². The predicted molar refractivity (Wildman–Crippen MR) is 62.9 cm³/mol. The molecular formula is C10H9ClN2O2S. The van der Waals surface area contributed by atoms with E-state index in [9.17, 15) is 4.79 Å². The Morgan fingerprint density at radius 1 is 1.62 bits per heavy atom. The second-order valence-electron chi connectivity index (χ2n) is 3.30. The van der Waals surface area contributed by atoms with Crippen molar-refractivity contribution in [3.8, 4) is 10.4 Å². The Balaban J connectivity index is 2.45. The van der Waals surface area contributed by atoms with Crippen molar-refractivity contribution in [3.05, 3.63) is 28.4 Å². The zero-order valence-corrected chi connectivity index (χ0v) is 10.0. The van der Waals surface area contributed by atoms with Gasteiger partial charge in [0, 0.05) is 17.5 Å². The molecule has 0 amide bonds. The Morgan fingerprint density at radius 2 is 2.38 bits per heavy atom. The van der Waals surface area contributed by atoms with Gasteiger partial charge >= 0.3 is 5.97 Å². The molecule has 0 aliphatic carbocycles. The second-order valence-corrected chi connectivity index (χ2v) is 5.02. The number of aliphatic carboxylic acids is 1. The molecule has 0 radical (unpaired) electrons. The quantitative estimate of drug-likeness (QED) is 0.918. The zero-order valence-electron chi connectivity index (χ0n) is 8.48. The number of carboxylic acids is 1. The van der Waals surface area contributed by atoms with Crippen molar-refractivity contribution < 1.29 is 9.90 Å². The van der Waals surface area contributed by atoms with Gasteiger partial charge in [-0.1, -0.05) is 11.6 Å². The molecule has 0 atom stereocenters. The topological polar surface area (TPSA) is 55.1 Å². The van der Waals surface area contributed by atoms with Crippen molar-refractivity contribution in [2.45, 2.75) is 6.42 Å². The average molecular weight is 257 g/mol. The SMILES string of the molecule is Cn1ncc(-c2ccc(Cl)s2)c1CC(=O)O. The molecule has 2 heterocycles. The molecule has 0 saturated carbocycles. The molecule has 0 saturated heterocycles. The molecule has 84 valence electrons. The van der Waals surface area contributed by atoms with Gasteiger partial charge in [0.1, 0.15) is 0 Å². The van der Waals surface area contributed by atoms with Crippen molar-refractivity contribution in [2.75, 3.05) is 0 Å². The Kier molecular flexibility index (Phi) is 2.98. The van der Waals surface area contributed by atoms with Crippen LogP contribution < -0.4 is 0 Å². The van der Waals surface area contributed by atoms with E-state index in [1.807, 2.05) is 6.07 Å². The summed E-state index contributed by atoms with van der Waals surface area (Å²) >= 11 is 7.26. The minimum absolute atomic E-state index is 0.0403. The smallest absolute Gasteiger partial charge is 0.309 e. The summed E-state index contributed by atoms with van der Waals surface area (Å²) in [6.07, 6.45) is 1.63. The Morgan fingerprint density at radius 3 is 2.94 bits per heavy atom. The number of halogens is 1. The number of carbonyl (C=O) groups is 1. The summed E-state index contributed by atoms with van der Waals surface area (Å²) < 4.78 is 2.26. The zero-order chi connectivity index (χ0) is 11.7. The highest BCUT2D eigenvalue weighted by Crippen LogP contribution is 2.32. The van der Waals surface area contributed by atoms with E-state index in [0.717, 1.165) is 10.4 Å². The highest BCUT2D eigenvalue weighted by molar-refractivity contribution is 7.19. The summed E-state index contributed by atoms with van der Waals surface area (Å²) in [6.45, 7) is 0. The summed E-state index contributed by atoms with van der Waals surface area (Å²) in [4.78, 5) is 11.7. The molecule has 0 aliphatic rings. The monoisotopic (exact) mass is 256 g/mol. The lowest BCUT2D eigenvalue weighted by molar-refractivity contribution is -0.136. The first kappa shape index (κ1) is 11.2. The standard InChI is InChI=1S/C10H9ClN2O2S/c1-13-7(4-10(14)15)6(5-12-13)8-2-3-9(11)16-8/h2-3,5H,4H2,1H3,(H,14,15). The van der Waals surface area contributed by atoms with E-state index in [-0.39, 0.29) is 6.42 Å². The van der Waals surface area contributed by atoms with E-state index < -0.39 is 5.97 Å². The molecule has 2 rings (SSSR count). The Bertz CT molecular complexity index is 533. The molecule has 4 nitrogen and oxygen atoms in total. The summed E-state index contributed by atoms with van der Waals surface area (Å²) in [5, 5.41) is 12.9. The molecule has 2 aromatic heterocycles. The third kappa shape index (κ3) is 2.10. The third-order valence-corrected chi connectivity index (χ3v) is 3.48. The van der Waals surface area contributed by atoms with Gasteiger partial charge in [0.2, 0.25) is 0 Å². The molecule has 2 aromatic rings. The van der Waals surface area contributed by atoms with Crippen LogP contribution in [-0.4, -0.2) is 20.9 Å². The minimum Gasteiger partial charge on any atom is -0.481 e. The van der Waals surface area contributed by atoms with Crippen LogP contribution in [-0.2, 0) is 18.3 Å². The number of carboxylic acid groups (broad SMARTS) is 1. The van der Waals surface area contributed by atoms with E-state index in [0.29, 0.717) is 10.0 Å². The molecule has 0 unspecified atom stereocenters. The van der Waals surface area contributed by atoms with Crippen LogP contribution >= 0.6 is 22.9 Å². The van der Waals surface area contributed by atoms with Gasteiger partial charge in [0.25, 0.3) is 0 Å². The average Bonchev–Trinajstić information content (AvgIpc) is 2.75. The van der Waals surface area contributed by atoms with Gasteiger partial charge in [-0.3, -0.25) is 9.48 Å². The number of thiophene rings is 1. The fraction of sp³-hybridized carbons (Fsp3) is 0.200. The normalized spacial score (nSPS) is 10.6. The maximum absolute atomic E-state index is 10.7. The highest BCUT2D eigenvalue weighted by atomic mass is 35.5. The van der Waals surface area contributed by atoms with Crippen LogP contribution in [0.5, 0.6) is 0 Å². The molecule has 0 spiro atoms. The second kappa shape index (κ2) is 4.27. The number of rotatable bonds is 3. The highest BCUT2D eigenvalue weighted by Gasteiger charge is 2.14. The Hall–Kier alpha value is -1.33. The van der Waals surface area contributed by atoms with Gasteiger partial charge in [-0.2, -0.15) is 5.10 Å². The van der Waals surface area contributed by atoms with Crippen LogP contribution in [0.1, 0.15) is 5.69 Å². The van der Waals surface area contributed by atoms with Crippen molar-refractivity contribution in [2.24, 2.45) is 7.05 Å². The molecule has 1 N–H and O–H groups in total. The van der Waals surface area contributed by atoms with Crippen LogP contribution in [0.15, 0.2) is 18.3 Å². The summed E-state index contributed by atoms with van der Waals surface area (Å²) in [5.41, 5.74) is 1.52. The number of hydrogen-bond donors (Lipinski definition) is 1. The maximum Gasteiger partial charge on any atom is 0.309 e. The van der Waals surface area contributed by atoms with E-state index in [1.54, 1.807) is 24.0 Å². The van der Waals surface area contributed by atoms with Crippen molar-refractivity contribution in [3.63, 3.8) is 0 Å². The van der Waals surface area contributed by atoms with Crippen molar-refractivity contribution >= 4 is 28.9 Å². The first-order valence-corrected chi connectivity index (χ1v) is 5.75. The van der Waals surface area contributed by atoms with Gasteiger partial charge in [-0.15, -0.1) is 11.3 Å².